The van der Waals surface area contributed by atoms with E-state index in [1.807, 2.05) is 4.90 Å². The number of aliphatic carboxylic acids is 2. The Hall–Kier alpha value is -5.03. The van der Waals surface area contributed by atoms with Crippen LogP contribution in [0.3, 0.4) is 0 Å². The highest BCUT2D eigenvalue weighted by molar-refractivity contribution is 5.95. The molecule has 41 heavy (non-hydrogen) atoms. The summed E-state index contributed by atoms with van der Waals surface area (Å²) < 4.78 is 9.52. The molecule has 3 atom stereocenters. The number of rotatable bonds is 7. The van der Waals surface area contributed by atoms with Gasteiger partial charge in [0.1, 0.15) is 0 Å². The minimum atomic E-state index is -2.21. The largest absolute Gasteiger partial charge is 0.478 e. The molecule has 2 aliphatic heterocycles. The average molecular weight is 561 g/mol. The smallest absolute Gasteiger partial charge is 0.349 e. The maximum atomic E-state index is 12.0. The number of hydrogen-bond donors (Lipinski definition) is 3. The van der Waals surface area contributed by atoms with Crippen LogP contribution in [0, 0.1) is 0 Å². The van der Waals surface area contributed by atoms with E-state index in [0.29, 0.717) is 6.54 Å². The van der Waals surface area contributed by atoms with Crippen LogP contribution in [0.25, 0.3) is 0 Å². The summed E-state index contributed by atoms with van der Waals surface area (Å²) in [5.74, 6) is -5.40. The molecule has 0 aliphatic carbocycles. The van der Waals surface area contributed by atoms with Gasteiger partial charge in [-0.2, -0.15) is 0 Å². The molecule has 1 saturated heterocycles. The van der Waals surface area contributed by atoms with Crippen LogP contribution in [-0.2, 0) is 30.3 Å². The lowest BCUT2D eigenvalue weighted by molar-refractivity contribution is -0.166. The number of amides is 1. The van der Waals surface area contributed by atoms with Crippen molar-refractivity contribution in [2.24, 2.45) is 0 Å². The molecule has 0 bridgehead atoms. The molecule has 2 aliphatic rings. The third-order valence-corrected chi connectivity index (χ3v) is 6.60. The number of ether oxygens (including phenoxy) is 2. The molecule has 5 rings (SSSR count). The number of esters is 2. The zero-order valence-corrected chi connectivity index (χ0v) is 21.8. The molecular formula is C30H28N2O9. The molecule has 0 radical (unpaired) electrons. The molecule has 0 unspecified atom stereocenters. The fraction of sp³-hybridized carbons (Fsp3) is 0.233. The van der Waals surface area contributed by atoms with E-state index in [9.17, 15) is 34.2 Å². The van der Waals surface area contributed by atoms with Crippen LogP contribution >= 0.6 is 0 Å². The summed E-state index contributed by atoms with van der Waals surface area (Å²) in [5, 5.41) is 21.7. The predicted molar refractivity (Wildman–Crippen MR) is 144 cm³/mol. The zero-order chi connectivity index (χ0) is 29.4. The molecule has 0 spiro atoms. The van der Waals surface area contributed by atoms with Crippen LogP contribution < -0.4 is 5.32 Å². The molecule has 0 saturated carbocycles. The lowest BCUT2D eigenvalue weighted by Crippen LogP contribution is -2.52. The van der Waals surface area contributed by atoms with Gasteiger partial charge < -0.3 is 29.9 Å². The lowest BCUT2D eigenvalue weighted by atomic mass is 9.91. The molecule has 2 heterocycles. The van der Waals surface area contributed by atoms with E-state index in [0.717, 1.165) is 19.5 Å². The van der Waals surface area contributed by atoms with Crippen LogP contribution in [0.5, 0.6) is 0 Å². The SMILES string of the molecule is O=C(O[C@H](C(=O)O)[C@H](OC(=O)c1ccccc1)C(=O)O)c1ccccc1.O=C1CNC[C@@H]2c3ccccc3CCN12. The minimum Gasteiger partial charge on any atom is -0.478 e. The molecule has 212 valence electrons. The molecule has 3 N–H and O–H groups in total. The Morgan fingerprint density at radius 2 is 1.24 bits per heavy atom. The number of carbonyl (C=O) groups is 5. The summed E-state index contributed by atoms with van der Waals surface area (Å²) in [7, 11) is 0. The van der Waals surface area contributed by atoms with Crippen molar-refractivity contribution in [1.29, 1.82) is 0 Å². The first-order valence-electron chi connectivity index (χ1n) is 12.8. The van der Waals surface area contributed by atoms with Crippen molar-refractivity contribution < 1.29 is 43.7 Å². The molecule has 11 nitrogen and oxygen atoms in total. The summed E-state index contributed by atoms with van der Waals surface area (Å²) in [5.41, 5.74) is 2.77. The summed E-state index contributed by atoms with van der Waals surface area (Å²) in [6.07, 6.45) is -3.43. The number of carboxylic acids is 2. The van der Waals surface area contributed by atoms with Crippen LogP contribution in [0.4, 0.5) is 0 Å². The fourth-order valence-corrected chi connectivity index (χ4v) is 4.59. The maximum absolute atomic E-state index is 12.0. The number of hydrogen-bond acceptors (Lipinski definition) is 8. The third kappa shape index (κ3) is 7.14. The van der Waals surface area contributed by atoms with Crippen LogP contribution in [0.15, 0.2) is 84.9 Å². The number of piperazine rings is 1. The Balaban J connectivity index is 0.000000216. The second-order valence-corrected chi connectivity index (χ2v) is 9.24. The van der Waals surface area contributed by atoms with Crippen LogP contribution in [0.2, 0.25) is 0 Å². The van der Waals surface area contributed by atoms with E-state index in [1.54, 1.807) is 12.1 Å². The standard InChI is InChI=1S/C18H14O8.C12H14N2O/c19-15(20)13(25-17(23)11-7-3-1-4-8-11)14(16(21)22)26-18(24)12-9-5-2-6-10-12;15-12-8-13-7-11-10-4-2-1-3-9(10)5-6-14(11)12/h1-10,13-14H,(H,19,20)(H,21,22);1-4,11,13H,5-8H2/t13-,14-;11-/m01/s1. The summed E-state index contributed by atoms with van der Waals surface area (Å²) >= 11 is 0. The topological polar surface area (TPSA) is 160 Å². The molecule has 3 aromatic carbocycles. The maximum Gasteiger partial charge on any atom is 0.349 e. The first kappa shape index (κ1) is 29.0. The normalized spacial score (nSPS) is 16.9. The molecule has 3 aromatic rings. The number of carboxylic acid groups (broad SMARTS) is 2. The molecule has 0 aromatic heterocycles. The Bertz CT molecular complexity index is 1340. The predicted octanol–water partition coefficient (Wildman–Crippen LogP) is 2.32. The van der Waals surface area contributed by atoms with Crippen molar-refractivity contribution in [1.82, 2.24) is 10.2 Å². The number of nitrogens with zero attached hydrogens (tertiary/aromatic N) is 1. The van der Waals surface area contributed by atoms with Gasteiger partial charge in [-0.1, -0.05) is 60.7 Å². The van der Waals surface area contributed by atoms with E-state index >= 15 is 0 Å². The molecule has 1 fully saturated rings. The van der Waals surface area contributed by atoms with Crippen molar-refractivity contribution in [3.05, 3.63) is 107 Å². The fourth-order valence-electron chi connectivity index (χ4n) is 4.59. The Morgan fingerprint density at radius 3 is 1.76 bits per heavy atom. The van der Waals surface area contributed by atoms with Gasteiger partial charge in [0.25, 0.3) is 0 Å². The summed E-state index contributed by atoms with van der Waals surface area (Å²) in [4.78, 5) is 60.6. The van der Waals surface area contributed by atoms with Gasteiger partial charge in [0.2, 0.25) is 18.1 Å². The molecular weight excluding hydrogens is 532 g/mol. The molecule has 11 heteroatoms. The van der Waals surface area contributed by atoms with Gasteiger partial charge >= 0.3 is 23.9 Å². The van der Waals surface area contributed by atoms with Gasteiger partial charge in [-0.05, 0) is 41.8 Å². The lowest BCUT2D eigenvalue weighted by Gasteiger charge is -2.40. The van der Waals surface area contributed by atoms with Crippen molar-refractivity contribution >= 4 is 29.8 Å². The first-order valence-corrected chi connectivity index (χ1v) is 12.8. The van der Waals surface area contributed by atoms with Crippen LogP contribution in [-0.4, -0.2) is 76.7 Å². The average Bonchev–Trinajstić information content (AvgIpc) is 2.99. The minimum absolute atomic E-state index is 0.0253. The zero-order valence-electron chi connectivity index (χ0n) is 21.8. The number of benzene rings is 3. The summed E-state index contributed by atoms with van der Waals surface area (Å²) in [6.45, 7) is 2.27. The van der Waals surface area contributed by atoms with E-state index < -0.39 is 36.1 Å². The monoisotopic (exact) mass is 560 g/mol. The van der Waals surface area contributed by atoms with Gasteiger partial charge in [-0.15, -0.1) is 0 Å². The van der Waals surface area contributed by atoms with Crippen LogP contribution in [0.1, 0.15) is 37.9 Å². The molecule has 1 amide bonds. The Labute approximate surface area is 235 Å². The quantitative estimate of drug-likeness (QED) is 0.366. The van der Waals surface area contributed by atoms with Crippen molar-refractivity contribution in [2.75, 3.05) is 19.6 Å². The Morgan fingerprint density at radius 1 is 0.756 bits per heavy atom. The van der Waals surface area contributed by atoms with Gasteiger partial charge in [0.15, 0.2) is 0 Å². The van der Waals surface area contributed by atoms with Crippen molar-refractivity contribution in [3.8, 4) is 0 Å². The number of fused-ring (bicyclic) bond motifs is 3. The number of carbonyl (C=O) groups excluding carboxylic acids is 3. The number of nitrogens with one attached hydrogen (secondary N) is 1. The van der Waals surface area contributed by atoms with E-state index in [4.69, 9.17) is 9.47 Å². The van der Waals surface area contributed by atoms with E-state index in [-0.39, 0.29) is 23.1 Å². The third-order valence-electron chi connectivity index (χ3n) is 6.60. The van der Waals surface area contributed by atoms with E-state index in [1.165, 1.54) is 59.7 Å². The second-order valence-electron chi connectivity index (χ2n) is 9.24. The summed E-state index contributed by atoms with van der Waals surface area (Å²) in [6, 6.07) is 23.5. The van der Waals surface area contributed by atoms with Crippen molar-refractivity contribution in [2.45, 2.75) is 24.7 Å². The van der Waals surface area contributed by atoms with Gasteiger partial charge in [0.05, 0.1) is 23.7 Å². The van der Waals surface area contributed by atoms with Crippen molar-refractivity contribution in [3.63, 3.8) is 0 Å². The van der Waals surface area contributed by atoms with Gasteiger partial charge in [-0.3, -0.25) is 4.79 Å². The highest BCUT2D eigenvalue weighted by Gasteiger charge is 2.41. The van der Waals surface area contributed by atoms with Gasteiger partial charge in [0, 0.05) is 13.1 Å². The Kier molecular flexibility index (Phi) is 9.43. The van der Waals surface area contributed by atoms with Gasteiger partial charge in [-0.25, -0.2) is 19.2 Å². The first-order chi connectivity index (χ1) is 19.8. The second kappa shape index (κ2) is 13.4. The highest BCUT2D eigenvalue weighted by Crippen LogP contribution is 2.30. The van der Waals surface area contributed by atoms with E-state index in [2.05, 4.69) is 29.6 Å². The highest BCUT2D eigenvalue weighted by atomic mass is 16.6.